The molecule has 2 heteroatoms. The minimum atomic E-state index is 0.336. The molecule has 1 saturated heterocycles. The van der Waals surface area contributed by atoms with Crippen molar-refractivity contribution >= 4 is 0 Å². The number of nitriles is 1. The lowest BCUT2D eigenvalue weighted by molar-refractivity contribution is -0.00633. The van der Waals surface area contributed by atoms with Crippen molar-refractivity contribution in [2.45, 2.75) is 51.0 Å². The van der Waals surface area contributed by atoms with Gasteiger partial charge in [-0.2, -0.15) is 5.26 Å². The fraction of sp³-hybridized carbons (Fsp3) is 0.875. The molecule has 2 nitrogen and oxygen atoms in total. The summed E-state index contributed by atoms with van der Waals surface area (Å²) in [7, 11) is 0. The lowest BCUT2D eigenvalue weighted by atomic mass is 9.53. The molecular weight excluding hydrogens is 220 g/mol. The van der Waals surface area contributed by atoms with E-state index < -0.39 is 0 Å². The van der Waals surface area contributed by atoms with E-state index in [1.165, 1.54) is 45.2 Å². The highest BCUT2D eigenvalue weighted by Gasteiger charge is 2.50. The second kappa shape index (κ2) is 4.23. The summed E-state index contributed by atoms with van der Waals surface area (Å²) >= 11 is 0. The van der Waals surface area contributed by atoms with Gasteiger partial charge in [-0.1, -0.05) is 0 Å². The zero-order chi connectivity index (χ0) is 12.1. The predicted molar refractivity (Wildman–Crippen MR) is 70.5 cm³/mol. The van der Waals surface area contributed by atoms with E-state index in [2.05, 4.69) is 11.0 Å². The highest BCUT2D eigenvalue weighted by molar-refractivity contribution is 5.17. The molecule has 1 aliphatic heterocycles. The van der Waals surface area contributed by atoms with E-state index >= 15 is 0 Å². The van der Waals surface area contributed by atoms with Crippen molar-refractivity contribution in [3.63, 3.8) is 0 Å². The summed E-state index contributed by atoms with van der Waals surface area (Å²) in [6.45, 7) is 2.36. The van der Waals surface area contributed by atoms with Gasteiger partial charge in [-0.05, 0) is 81.7 Å². The fourth-order valence-electron chi connectivity index (χ4n) is 5.47. The average molecular weight is 243 g/mol. The Labute approximate surface area is 110 Å². The molecule has 0 aromatic rings. The van der Waals surface area contributed by atoms with Crippen molar-refractivity contribution < 1.29 is 0 Å². The van der Waals surface area contributed by atoms with Crippen molar-refractivity contribution in [2.24, 2.45) is 23.7 Å². The minimum absolute atomic E-state index is 0.336. The molecule has 3 atom stereocenters. The summed E-state index contributed by atoms with van der Waals surface area (Å²) in [6, 6.07) is 3.28. The van der Waals surface area contributed by atoms with Crippen LogP contribution in [-0.4, -0.2) is 24.0 Å². The Hall–Kier alpha value is -0.550. The molecule has 4 saturated carbocycles. The average Bonchev–Trinajstić information content (AvgIpc) is 2.38. The van der Waals surface area contributed by atoms with Crippen LogP contribution in [0.3, 0.4) is 0 Å². The Balaban J connectivity index is 1.47. The van der Waals surface area contributed by atoms with Crippen LogP contribution in [0.4, 0.5) is 0 Å². The lowest BCUT2D eigenvalue weighted by Gasteiger charge is -2.57. The Bertz CT molecular complexity index is 334. The van der Waals surface area contributed by atoms with Crippen LogP contribution in [0.5, 0.6) is 0 Å². The first-order chi connectivity index (χ1) is 8.83. The molecule has 5 rings (SSSR count). The third-order valence-corrected chi connectivity index (χ3v) is 6.01. The topological polar surface area (TPSA) is 27.0 Å². The van der Waals surface area contributed by atoms with E-state index in [9.17, 15) is 0 Å². The third-order valence-electron chi connectivity index (χ3n) is 6.01. The summed E-state index contributed by atoms with van der Waals surface area (Å²) in [4.78, 5) is 2.74. The van der Waals surface area contributed by atoms with Crippen LogP contribution < -0.4 is 0 Å². The van der Waals surface area contributed by atoms with Gasteiger partial charge in [0.2, 0.25) is 0 Å². The number of piperidine rings is 1. The molecule has 3 unspecified atom stereocenters. The maximum absolute atomic E-state index is 9.02. The van der Waals surface area contributed by atoms with Crippen molar-refractivity contribution in [2.75, 3.05) is 13.1 Å². The van der Waals surface area contributed by atoms with Gasteiger partial charge in [0.25, 0.3) is 0 Å². The lowest BCUT2D eigenvalue weighted by Crippen LogP contribution is -2.56. The van der Waals surface area contributed by atoms with E-state index in [0.717, 1.165) is 36.6 Å². The van der Waals surface area contributed by atoms with Crippen LogP contribution in [0, 0.1) is 40.9 Å². The first-order valence-electron chi connectivity index (χ1n) is 7.81. The number of rotatable bonds is 1. The molecule has 1 radical (unpaired) electrons. The molecule has 97 valence electrons. The van der Waals surface area contributed by atoms with Crippen molar-refractivity contribution in [1.29, 1.82) is 5.26 Å². The Morgan fingerprint density at radius 3 is 2.22 bits per heavy atom. The normalized spacial score (nSPS) is 45.3. The molecule has 0 spiro atoms. The molecule has 0 N–H and O–H groups in total. The Kier molecular flexibility index (Phi) is 2.66. The SMILES string of the molecule is N#CC1CCN(C2[C]3CC4CC(C3)CC2C4)CC1. The largest absolute Gasteiger partial charge is 0.299 e. The van der Waals surface area contributed by atoms with Crippen LogP contribution >= 0.6 is 0 Å². The van der Waals surface area contributed by atoms with E-state index in [-0.39, 0.29) is 0 Å². The quantitative estimate of drug-likeness (QED) is 0.708. The highest BCUT2D eigenvalue weighted by atomic mass is 15.2. The smallest absolute Gasteiger partial charge is 0.0656 e. The van der Waals surface area contributed by atoms with Crippen LogP contribution in [0.1, 0.15) is 44.9 Å². The molecule has 5 fully saturated rings. The monoisotopic (exact) mass is 243 g/mol. The van der Waals surface area contributed by atoms with Gasteiger partial charge < -0.3 is 0 Å². The van der Waals surface area contributed by atoms with Crippen LogP contribution in [-0.2, 0) is 0 Å². The third kappa shape index (κ3) is 1.71. The maximum atomic E-state index is 9.02. The first-order valence-corrected chi connectivity index (χ1v) is 7.81. The molecule has 0 aromatic carbocycles. The van der Waals surface area contributed by atoms with Crippen LogP contribution in [0.25, 0.3) is 0 Å². The van der Waals surface area contributed by atoms with Crippen molar-refractivity contribution in [1.82, 2.24) is 4.90 Å². The maximum Gasteiger partial charge on any atom is 0.0656 e. The highest BCUT2D eigenvalue weighted by Crippen LogP contribution is 2.56. The van der Waals surface area contributed by atoms with Gasteiger partial charge >= 0.3 is 0 Å². The fourth-order valence-corrected chi connectivity index (χ4v) is 5.47. The van der Waals surface area contributed by atoms with E-state index in [1.54, 1.807) is 0 Å². The predicted octanol–water partition coefficient (Wildman–Crippen LogP) is 3.00. The van der Waals surface area contributed by atoms with Crippen LogP contribution in [0.2, 0.25) is 0 Å². The number of nitrogens with zero attached hydrogens (tertiary/aromatic N) is 2. The van der Waals surface area contributed by atoms with E-state index in [4.69, 9.17) is 5.26 Å². The Morgan fingerprint density at radius 2 is 1.67 bits per heavy atom. The molecule has 5 aliphatic rings. The van der Waals surface area contributed by atoms with E-state index in [1.807, 2.05) is 5.92 Å². The van der Waals surface area contributed by atoms with Gasteiger partial charge in [0.1, 0.15) is 0 Å². The van der Waals surface area contributed by atoms with Gasteiger partial charge in [-0.25, -0.2) is 0 Å². The first kappa shape index (κ1) is 11.3. The van der Waals surface area contributed by atoms with Gasteiger partial charge in [0.05, 0.1) is 6.07 Å². The molecule has 1 heterocycles. The zero-order valence-corrected chi connectivity index (χ0v) is 11.1. The number of hydrogen-bond donors (Lipinski definition) is 0. The van der Waals surface area contributed by atoms with E-state index in [0.29, 0.717) is 5.92 Å². The molecule has 0 aromatic heterocycles. The van der Waals surface area contributed by atoms with Gasteiger partial charge in [-0.3, -0.25) is 4.90 Å². The second-order valence-corrected chi connectivity index (χ2v) is 7.15. The van der Waals surface area contributed by atoms with Crippen molar-refractivity contribution in [3.8, 4) is 6.07 Å². The summed E-state index contributed by atoms with van der Waals surface area (Å²) in [5.74, 6) is 5.30. The molecule has 18 heavy (non-hydrogen) atoms. The van der Waals surface area contributed by atoms with Gasteiger partial charge in [0.15, 0.2) is 0 Å². The van der Waals surface area contributed by atoms with Crippen molar-refractivity contribution in [3.05, 3.63) is 5.92 Å². The molecule has 4 bridgehead atoms. The summed E-state index contributed by atoms with van der Waals surface area (Å²) in [5.41, 5.74) is 0. The molecule has 4 aliphatic carbocycles. The summed E-state index contributed by atoms with van der Waals surface area (Å²) < 4.78 is 0. The molecule has 0 amide bonds. The van der Waals surface area contributed by atoms with Gasteiger partial charge in [-0.15, -0.1) is 0 Å². The second-order valence-electron chi connectivity index (χ2n) is 7.15. The standard InChI is InChI=1S/C16H23N2/c17-10-11-1-3-18(4-2-11)16-14-6-12-5-13(8-14)9-15(16)7-12/h11-14,16H,1-9H2. The summed E-state index contributed by atoms with van der Waals surface area (Å²) in [5, 5.41) is 9.02. The molecular formula is C16H23N2. The van der Waals surface area contributed by atoms with Crippen LogP contribution in [0.15, 0.2) is 0 Å². The summed E-state index contributed by atoms with van der Waals surface area (Å²) in [6.07, 6.45) is 9.64. The number of likely N-dealkylation sites (tertiary alicyclic amines) is 1. The minimum Gasteiger partial charge on any atom is -0.299 e. The zero-order valence-electron chi connectivity index (χ0n) is 11.1. The Morgan fingerprint density at radius 1 is 1.00 bits per heavy atom. The number of hydrogen-bond acceptors (Lipinski definition) is 2. The van der Waals surface area contributed by atoms with Gasteiger partial charge in [0, 0.05) is 12.0 Å².